The van der Waals surface area contributed by atoms with Crippen molar-refractivity contribution in [2.75, 3.05) is 26.2 Å². The van der Waals surface area contributed by atoms with Gasteiger partial charge in [-0.1, -0.05) is 6.42 Å². The van der Waals surface area contributed by atoms with E-state index in [-0.39, 0.29) is 12.8 Å². The molecule has 1 atom stereocenters. The van der Waals surface area contributed by atoms with Gasteiger partial charge in [0.05, 0.1) is 5.92 Å². The number of likely N-dealkylation sites (tertiary alicyclic amines) is 1. The normalized spacial score (nSPS) is 28.5. The Morgan fingerprint density at radius 1 is 1.06 bits per heavy atom. The fourth-order valence-corrected chi connectivity index (χ4v) is 2.99. The highest BCUT2D eigenvalue weighted by Gasteiger charge is 2.40. The maximum Gasteiger partial charge on any atom is 0.391 e. The summed E-state index contributed by atoms with van der Waals surface area (Å²) in [6, 6.07) is 0.582. The average molecular weight is 264 g/mol. The van der Waals surface area contributed by atoms with Gasteiger partial charge in [0.2, 0.25) is 0 Å². The van der Waals surface area contributed by atoms with E-state index in [0.29, 0.717) is 19.1 Å². The van der Waals surface area contributed by atoms with Crippen molar-refractivity contribution in [2.45, 2.75) is 50.7 Å². The summed E-state index contributed by atoms with van der Waals surface area (Å²) in [6.45, 7) is 3.26. The van der Waals surface area contributed by atoms with Gasteiger partial charge in [-0.25, -0.2) is 0 Å². The van der Waals surface area contributed by atoms with Crippen LogP contribution in [0.2, 0.25) is 0 Å². The number of halogens is 3. The first-order chi connectivity index (χ1) is 8.55. The summed E-state index contributed by atoms with van der Waals surface area (Å²) in [5.41, 5.74) is 0. The molecule has 0 radical (unpaired) electrons. The zero-order chi connectivity index (χ0) is 13.0. The molecule has 0 aromatic carbocycles. The Hall–Kier alpha value is -0.290. The Morgan fingerprint density at radius 2 is 1.78 bits per heavy atom. The number of rotatable bonds is 3. The van der Waals surface area contributed by atoms with Gasteiger partial charge in [-0.2, -0.15) is 13.2 Å². The third-order valence-electron chi connectivity index (χ3n) is 4.26. The summed E-state index contributed by atoms with van der Waals surface area (Å²) in [5.74, 6) is -1.07. The largest absolute Gasteiger partial charge is 0.391 e. The molecule has 106 valence electrons. The van der Waals surface area contributed by atoms with Crippen molar-refractivity contribution < 1.29 is 13.2 Å². The van der Waals surface area contributed by atoms with Gasteiger partial charge in [-0.15, -0.1) is 0 Å². The van der Waals surface area contributed by atoms with Crippen LogP contribution >= 0.6 is 0 Å². The molecule has 2 rings (SSSR count). The molecule has 0 amide bonds. The second-order valence-electron chi connectivity index (χ2n) is 5.59. The Morgan fingerprint density at radius 3 is 2.33 bits per heavy atom. The van der Waals surface area contributed by atoms with Crippen molar-refractivity contribution in [3.63, 3.8) is 0 Å². The van der Waals surface area contributed by atoms with E-state index >= 15 is 0 Å². The highest BCUT2D eigenvalue weighted by atomic mass is 19.4. The van der Waals surface area contributed by atoms with Crippen LogP contribution in [0, 0.1) is 5.92 Å². The quantitative estimate of drug-likeness (QED) is 0.843. The molecule has 18 heavy (non-hydrogen) atoms. The zero-order valence-electron chi connectivity index (χ0n) is 10.8. The molecule has 2 aliphatic rings. The molecule has 2 nitrogen and oxygen atoms in total. The number of alkyl halides is 3. The van der Waals surface area contributed by atoms with E-state index in [2.05, 4.69) is 10.2 Å². The first-order valence-corrected chi connectivity index (χ1v) is 7.08. The topological polar surface area (TPSA) is 15.3 Å². The van der Waals surface area contributed by atoms with E-state index in [0.717, 1.165) is 19.5 Å². The minimum atomic E-state index is -3.99. The fourth-order valence-electron chi connectivity index (χ4n) is 2.99. The van der Waals surface area contributed by atoms with E-state index in [1.807, 2.05) is 0 Å². The van der Waals surface area contributed by atoms with Crippen LogP contribution in [0.1, 0.15) is 38.5 Å². The smallest absolute Gasteiger partial charge is 0.314 e. The van der Waals surface area contributed by atoms with Gasteiger partial charge < -0.3 is 10.2 Å². The number of piperidine rings is 2. The highest BCUT2D eigenvalue weighted by molar-refractivity contribution is 4.79. The van der Waals surface area contributed by atoms with Gasteiger partial charge in [0.15, 0.2) is 0 Å². The van der Waals surface area contributed by atoms with Crippen LogP contribution in [0.25, 0.3) is 0 Å². The lowest BCUT2D eigenvalue weighted by Gasteiger charge is -2.34. The summed E-state index contributed by atoms with van der Waals surface area (Å²) in [4.78, 5) is 2.19. The Balaban J connectivity index is 1.64. The van der Waals surface area contributed by atoms with Crippen LogP contribution in [0.15, 0.2) is 0 Å². The lowest BCUT2D eigenvalue weighted by atomic mass is 9.95. The van der Waals surface area contributed by atoms with E-state index in [9.17, 15) is 13.2 Å². The SMILES string of the molecule is FC(F)(F)C1CCN(CCC2CCCCN2)CC1. The van der Waals surface area contributed by atoms with E-state index < -0.39 is 12.1 Å². The Labute approximate surface area is 107 Å². The first kappa shape index (κ1) is 14.1. The van der Waals surface area contributed by atoms with E-state index in [1.54, 1.807) is 0 Å². The van der Waals surface area contributed by atoms with Crippen LogP contribution in [0.3, 0.4) is 0 Å². The molecule has 0 saturated carbocycles. The molecule has 2 saturated heterocycles. The van der Waals surface area contributed by atoms with Crippen LogP contribution in [0.4, 0.5) is 13.2 Å². The third-order valence-corrected chi connectivity index (χ3v) is 4.26. The molecule has 0 aromatic heterocycles. The molecular weight excluding hydrogens is 241 g/mol. The molecule has 0 aliphatic carbocycles. The van der Waals surface area contributed by atoms with Crippen LogP contribution < -0.4 is 5.32 Å². The summed E-state index contributed by atoms with van der Waals surface area (Å²) in [6.07, 6.45) is 1.41. The summed E-state index contributed by atoms with van der Waals surface area (Å²) < 4.78 is 37.5. The van der Waals surface area contributed by atoms with Crippen molar-refractivity contribution in [1.29, 1.82) is 0 Å². The van der Waals surface area contributed by atoms with E-state index in [1.165, 1.54) is 19.3 Å². The lowest BCUT2D eigenvalue weighted by molar-refractivity contribution is -0.185. The average Bonchev–Trinajstić information content (AvgIpc) is 2.37. The molecule has 2 aliphatic heterocycles. The molecule has 1 N–H and O–H groups in total. The summed E-state index contributed by atoms with van der Waals surface area (Å²) in [5, 5.41) is 3.49. The highest BCUT2D eigenvalue weighted by Crippen LogP contribution is 2.34. The molecule has 0 spiro atoms. The van der Waals surface area contributed by atoms with Gasteiger partial charge in [-0.3, -0.25) is 0 Å². The standard InChI is InChI=1S/C13H23F3N2/c14-13(15,16)11-4-8-18(9-5-11)10-6-12-3-1-2-7-17-12/h11-12,17H,1-10H2. The molecular formula is C13H23F3N2. The van der Waals surface area contributed by atoms with Crippen LogP contribution in [0.5, 0.6) is 0 Å². The molecule has 0 aromatic rings. The minimum absolute atomic E-state index is 0.279. The first-order valence-electron chi connectivity index (χ1n) is 7.08. The van der Waals surface area contributed by atoms with Crippen molar-refractivity contribution in [2.24, 2.45) is 5.92 Å². The van der Waals surface area contributed by atoms with Gasteiger partial charge in [0.25, 0.3) is 0 Å². The van der Waals surface area contributed by atoms with Gasteiger partial charge >= 0.3 is 6.18 Å². The maximum absolute atomic E-state index is 12.5. The Bertz CT molecular complexity index is 241. The molecule has 1 unspecified atom stereocenters. The van der Waals surface area contributed by atoms with E-state index in [4.69, 9.17) is 0 Å². The summed E-state index contributed by atoms with van der Waals surface area (Å²) in [7, 11) is 0. The van der Waals surface area contributed by atoms with Crippen LogP contribution in [-0.2, 0) is 0 Å². The van der Waals surface area contributed by atoms with Gasteiger partial charge in [0, 0.05) is 6.04 Å². The molecule has 2 heterocycles. The van der Waals surface area contributed by atoms with Crippen LogP contribution in [-0.4, -0.2) is 43.3 Å². The maximum atomic E-state index is 12.5. The third kappa shape index (κ3) is 4.12. The zero-order valence-corrected chi connectivity index (χ0v) is 10.8. The fraction of sp³-hybridized carbons (Fsp3) is 1.00. The van der Waals surface area contributed by atoms with Crippen molar-refractivity contribution in [3.05, 3.63) is 0 Å². The second kappa shape index (κ2) is 6.24. The second-order valence-corrected chi connectivity index (χ2v) is 5.59. The number of nitrogens with zero attached hydrogens (tertiary/aromatic N) is 1. The predicted molar refractivity (Wildman–Crippen MR) is 65.5 cm³/mol. The van der Waals surface area contributed by atoms with Gasteiger partial charge in [-0.05, 0) is 58.3 Å². The number of nitrogens with one attached hydrogen (secondary N) is 1. The number of hydrogen-bond acceptors (Lipinski definition) is 2. The predicted octanol–water partition coefficient (Wildman–Crippen LogP) is 2.79. The van der Waals surface area contributed by atoms with Crippen molar-refractivity contribution >= 4 is 0 Å². The summed E-state index contributed by atoms with van der Waals surface area (Å²) >= 11 is 0. The molecule has 0 bridgehead atoms. The van der Waals surface area contributed by atoms with Crippen molar-refractivity contribution in [3.8, 4) is 0 Å². The lowest BCUT2D eigenvalue weighted by Crippen LogP contribution is -2.42. The minimum Gasteiger partial charge on any atom is -0.314 e. The van der Waals surface area contributed by atoms with Gasteiger partial charge in [0.1, 0.15) is 0 Å². The van der Waals surface area contributed by atoms with Crippen molar-refractivity contribution in [1.82, 2.24) is 10.2 Å². The molecule has 5 heteroatoms. The molecule has 2 fully saturated rings. The monoisotopic (exact) mass is 264 g/mol. The number of hydrogen-bond donors (Lipinski definition) is 1. The Kier molecular flexibility index (Phi) is 4.90.